The highest BCUT2D eigenvalue weighted by Gasteiger charge is 2.29. The van der Waals surface area contributed by atoms with Crippen LogP contribution in [0.25, 0.3) is 11.1 Å². The molecule has 31 heavy (non-hydrogen) atoms. The number of rotatable bonds is 7. The monoisotopic (exact) mass is 479 g/mol. The van der Waals surface area contributed by atoms with Gasteiger partial charge in [0, 0.05) is 34.9 Å². The summed E-state index contributed by atoms with van der Waals surface area (Å²) < 4.78 is 31.6. The molecule has 168 valence electrons. The lowest BCUT2D eigenvalue weighted by atomic mass is 9.99. The van der Waals surface area contributed by atoms with Crippen molar-refractivity contribution in [1.82, 2.24) is 14.3 Å². The molecule has 0 aliphatic heterocycles. The van der Waals surface area contributed by atoms with Crippen molar-refractivity contribution < 1.29 is 8.42 Å². The molecular formula is C23H30ClN3O2S2. The zero-order valence-electron chi connectivity index (χ0n) is 18.9. The average Bonchev–Trinajstić information content (AvgIpc) is 3.18. The number of nitrogens with one attached hydrogen (secondary N) is 1. The number of hydrogen-bond donors (Lipinski definition) is 1. The molecule has 3 rings (SSSR count). The number of hydrogen-bond acceptors (Lipinski definition) is 4. The van der Waals surface area contributed by atoms with Crippen molar-refractivity contribution in [3.8, 4) is 11.1 Å². The quantitative estimate of drug-likeness (QED) is 0.459. The summed E-state index contributed by atoms with van der Waals surface area (Å²) in [5, 5.41) is 0.442. The minimum atomic E-state index is -3.65. The first-order chi connectivity index (χ1) is 14.4. The van der Waals surface area contributed by atoms with E-state index in [1.807, 2.05) is 62.7 Å². The van der Waals surface area contributed by atoms with Crippen molar-refractivity contribution >= 4 is 33.0 Å². The minimum Gasteiger partial charge on any atom is -0.317 e. The van der Waals surface area contributed by atoms with Gasteiger partial charge in [-0.15, -0.1) is 11.3 Å². The Kier molecular flexibility index (Phi) is 7.01. The third-order valence-corrected chi connectivity index (χ3v) is 8.66. The molecule has 5 nitrogen and oxygen atoms in total. The van der Waals surface area contributed by atoms with E-state index < -0.39 is 15.6 Å². The standard InChI is InChI=1S/C23H30ClN3O2S2/c1-15(2)13-19-16(3)20(21(30-19)31(28,29)26-23(4,5)6)18-9-7-17(8-10-18)14-27-12-11-25-22(27)24/h7-12,15,26H,13-14H2,1-6H3. The maximum absolute atomic E-state index is 13.3. The van der Waals surface area contributed by atoms with E-state index in [2.05, 4.69) is 23.6 Å². The predicted molar refractivity (Wildman–Crippen MR) is 129 cm³/mol. The van der Waals surface area contributed by atoms with Crippen LogP contribution in [0, 0.1) is 12.8 Å². The van der Waals surface area contributed by atoms with Crippen molar-refractivity contribution in [3.05, 3.63) is 57.9 Å². The van der Waals surface area contributed by atoms with Gasteiger partial charge in [0.1, 0.15) is 4.21 Å². The Labute approximate surface area is 194 Å². The van der Waals surface area contributed by atoms with Gasteiger partial charge in [0.2, 0.25) is 5.28 Å². The maximum Gasteiger partial charge on any atom is 0.251 e. The fraction of sp³-hybridized carbons (Fsp3) is 0.435. The zero-order valence-corrected chi connectivity index (χ0v) is 21.2. The molecule has 0 atom stereocenters. The summed E-state index contributed by atoms with van der Waals surface area (Å²) in [6, 6.07) is 8.01. The van der Waals surface area contributed by atoms with Gasteiger partial charge in [-0.1, -0.05) is 38.1 Å². The molecule has 1 N–H and O–H groups in total. The van der Waals surface area contributed by atoms with Crippen molar-refractivity contribution in [2.45, 2.75) is 64.3 Å². The van der Waals surface area contributed by atoms with E-state index in [1.165, 1.54) is 11.3 Å². The number of benzene rings is 1. The SMILES string of the molecule is Cc1c(CC(C)C)sc(S(=O)(=O)NC(C)(C)C)c1-c1ccc(Cn2ccnc2Cl)cc1. The topological polar surface area (TPSA) is 64.0 Å². The Morgan fingerprint density at radius 1 is 1.19 bits per heavy atom. The minimum absolute atomic E-state index is 0.390. The van der Waals surface area contributed by atoms with Gasteiger partial charge >= 0.3 is 0 Å². The van der Waals surface area contributed by atoms with E-state index in [-0.39, 0.29) is 0 Å². The third-order valence-electron chi connectivity index (χ3n) is 4.75. The molecule has 3 aromatic rings. The van der Waals surface area contributed by atoms with Crippen LogP contribution in [-0.2, 0) is 23.0 Å². The van der Waals surface area contributed by atoms with Gasteiger partial charge in [-0.25, -0.2) is 18.1 Å². The summed E-state index contributed by atoms with van der Waals surface area (Å²) in [7, 11) is -3.65. The molecule has 0 unspecified atom stereocenters. The smallest absolute Gasteiger partial charge is 0.251 e. The maximum atomic E-state index is 13.3. The Balaban J connectivity index is 2.04. The van der Waals surface area contributed by atoms with E-state index in [0.717, 1.165) is 33.6 Å². The lowest BCUT2D eigenvalue weighted by molar-refractivity contribution is 0.492. The summed E-state index contributed by atoms with van der Waals surface area (Å²) in [4.78, 5) is 5.16. The molecule has 0 fully saturated rings. The molecule has 8 heteroatoms. The fourth-order valence-electron chi connectivity index (χ4n) is 3.47. The van der Waals surface area contributed by atoms with Crippen LogP contribution >= 0.6 is 22.9 Å². The number of nitrogens with zero attached hydrogens (tertiary/aromatic N) is 2. The lowest BCUT2D eigenvalue weighted by Gasteiger charge is -2.20. The van der Waals surface area contributed by atoms with Gasteiger partial charge in [-0.3, -0.25) is 0 Å². The Bertz CT molecular complexity index is 1150. The van der Waals surface area contributed by atoms with Crippen LogP contribution in [0.3, 0.4) is 0 Å². The molecule has 2 aromatic heterocycles. The van der Waals surface area contributed by atoms with Gasteiger partial charge in [0.05, 0.1) is 0 Å². The molecule has 0 radical (unpaired) electrons. The first kappa shape index (κ1) is 24.0. The van der Waals surface area contributed by atoms with Crippen molar-refractivity contribution in [2.75, 3.05) is 0 Å². The first-order valence-electron chi connectivity index (χ1n) is 10.3. The molecule has 0 bridgehead atoms. The summed E-state index contributed by atoms with van der Waals surface area (Å²) in [6.07, 6.45) is 4.35. The third kappa shape index (κ3) is 5.77. The van der Waals surface area contributed by atoms with Crippen LogP contribution in [0.1, 0.15) is 50.6 Å². The second kappa shape index (κ2) is 9.06. The molecule has 1 aromatic carbocycles. The van der Waals surface area contributed by atoms with E-state index in [0.29, 0.717) is 22.0 Å². The molecule has 0 amide bonds. The first-order valence-corrected chi connectivity index (χ1v) is 13.0. The molecule has 0 saturated carbocycles. The predicted octanol–water partition coefficient (Wildman–Crippen LogP) is 5.90. The Hall–Kier alpha value is -1.67. The normalized spacial score (nSPS) is 12.6. The molecule has 0 aliphatic rings. The van der Waals surface area contributed by atoms with Crippen LogP contribution in [0.5, 0.6) is 0 Å². The summed E-state index contributed by atoms with van der Waals surface area (Å²) >= 11 is 7.47. The number of thiophene rings is 1. The summed E-state index contributed by atoms with van der Waals surface area (Å²) in [5.74, 6) is 0.443. The van der Waals surface area contributed by atoms with Crippen LogP contribution in [-0.4, -0.2) is 23.5 Å². The van der Waals surface area contributed by atoms with Crippen LogP contribution < -0.4 is 4.72 Å². The number of halogens is 1. The van der Waals surface area contributed by atoms with Crippen molar-refractivity contribution in [2.24, 2.45) is 5.92 Å². The molecular weight excluding hydrogens is 450 g/mol. The number of imidazole rings is 1. The van der Waals surface area contributed by atoms with Crippen LogP contribution in [0.15, 0.2) is 40.9 Å². The van der Waals surface area contributed by atoms with E-state index in [9.17, 15) is 8.42 Å². The highest BCUT2D eigenvalue weighted by Crippen LogP contribution is 2.40. The average molecular weight is 480 g/mol. The number of sulfonamides is 1. The van der Waals surface area contributed by atoms with Crippen molar-refractivity contribution in [3.63, 3.8) is 0 Å². The van der Waals surface area contributed by atoms with E-state index in [1.54, 1.807) is 6.20 Å². The zero-order chi connectivity index (χ0) is 23.0. The Morgan fingerprint density at radius 3 is 2.35 bits per heavy atom. The second-order valence-corrected chi connectivity index (χ2v) is 12.6. The summed E-state index contributed by atoms with van der Waals surface area (Å²) in [5.41, 5.74) is 3.25. The Morgan fingerprint density at radius 2 is 1.84 bits per heavy atom. The summed E-state index contributed by atoms with van der Waals surface area (Å²) in [6.45, 7) is 12.5. The molecule has 0 aliphatic carbocycles. The van der Waals surface area contributed by atoms with E-state index in [4.69, 9.17) is 11.6 Å². The van der Waals surface area contributed by atoms with Crippen molar-refractivity contribution in [1.29, 1.82) is 0 Å². The largest absolute Gasteiger partial charge is 0.317 e. The van der Waals surface area contributed by atoms with Gasteiger partial charge in [0.25, 0.3) is 10.0 Å². The molecule has 2 heterocycles. The number of aromatic nitrogens is 2. The van der Waals surface area contributed by atoms with E-state index >= 15 is 0 Å². The molecule has 0 spiro atoms. The van der Waals surface area contributed by atoms with Gasteiger partial charge in [-0.2, -0.15) is 0 Å². The van der Waals surface area contributed by atoms with Gasteiger partial charge < -0.3 is 4.57 Å². The van der Waals surface area contributed by atoms with Gasteiger partial charge in [0.15, 0.2) is 0 Å². The fourth-order valence-corrected chi connectivity index (χ4v) is 7.22. The lowest BCUT2D eigenvalue weighted by Crippen LogP contribution is -2.40. The molecule has 0 saturated heterocycles. The van der Waals surface area contributed by atoms with Crippen LogP contribution in [0.4, 0.5) is 0 Å². The van der Waals surface area contributed by atoms with Gasteiger partial charge in [-0.05, 0) is 68.3 Å². The second-order valence-electron chi connectivity index (χ2n) is 9.29. The van der Waals surface area contributed by atoms with Crippen LogP contribution in [0.2, 0.25) is 5.28 Å². The highest BCUT2D eigenvalue weighted by molar-refractivity contribution is 7.91. The highest BCUT2D eigenvalue weighted by atomic mass is 35.5.